The number of nitrogens with one attached hydrogen (secondary N) is 6. The van der Waals surface area contributed by atoms with Crippen LogP contribution in [0, 0.1) is 0 Å². The molecule has 0 saturated carbocycles. The molecule has 0 aliphatic rings. The summed E-state index contributed by atoms with van der Waals surface area (Å²) in [5.74, 6) is -2.99. The predicted molar refractivity (Wildman–Crippen MR) is 197 cm³/mol. The first kappa shape index (κ1) is 40.8. The maximum atomic E-state index is 13.2. The molecule has 0 heterocycles. The lowest BCUT2D eigenvalue weighted by Crippen LogP contribution is -2.53. The Morgan fingerprint density at radius 3 is 1.79 bits per heavy atom. The summed E-state index contributed by atoms with van der Waals surface area (Å²) in [6.45, 7) is 4.71. The standard InChI is InChI=1S/C38H49N7O7/c1-26(46)40-16-18-45(19-17-41-27(2)47)25-35(48)42-23-29-8-7-9-30(20-29)24-43-37(51)34(22-36(49)50)44-38(52)33(39-3)21-28-12-14-32(15-13-28)31-10-5-4-6-11-31/h4-15,20,33-34,39H,16-19,21-25H2,1-3H3,(H,40,46)(H,41,47)(H,42,48)(H,43,51)(H,44,52)(H,49,50)/t33-,34-/m0/s1. The van der Waals surface area contributed by atoms with Crippen molar-refractivity contribution in [2.45, 2.75) is 51.9 Å². The van der Waals surface area contributed by atoms with E-state index in [0.717, 1.165) is 22.3 Å². The molecule has 14 heteroatoms. The van der Waals surface area contributed by atoms with Crippen LogP contribution in [-0.4, -0.2) is 97.4 Å². The Balaban J connectivity index is 1.53. The number of nitrogens with zero attached hydrogens (tertiary/aromatic N) is 1. The number of hydrogen-bond donors (Lipinski definition) is 7. The van der Waals surface area contributed by atoms with E-state index in [4.69, 9.17) is 0 Å². The second-order valence-corrected chi connectivity index (χ2v) is 12.3. The van der Waals surface area contributed by atoms with Crippen molar-refractivity contribution in [3.05, 3.63) is 95.6 Å². The molecule has 2 atom stereocenters. The van der Waals surface area contributed by atoms with Gasteiger partial charge in [0.15, 0.2) is 0 Å². The molecule has 14 nitrogen and oxygen atoms in total. The lowest BCUT2D eigenvalue weighted by molar-refractivity contribution is -0.140. The van der Waals surface area contributed by atoms with Crippen LogP contribution in [0.25, 0.3) is 11.1 Å². The first-order valence-electron chi connectivity index (χ1n) is 17.1. The highest BCUT2D eigenvalue weighted by atomic mass is 16.4. The molecule has 0 aliphatic carbocycles. The third-order valence-corrected chi connectivity index (χ3v) is 8.10. The van der Waals surface area contributed by atoms with E-state index in [0.29, 0.717) is 38.2 Å². The summed E-state index contributed by atoms with van der Waals surface area (Å²) in [5, 5.41) is 26.0. The molecule has 0 fully saturated rings. The van der Waals surface area contributed by atoms with Gasteiger partial charge in [-0.2, -0.15) is 0 Å². The van der Waals surface area contributed by atoms with Crippen LogP contribution in [0.3, 0.4) is 0 Å². The first-order valence-corrected chi connectivity index (χ1v) is 17.1. The fourth-order valence-electron chi connectivity index (χ4n) is 5.35. The van der Waals surface area contributed by atoms with Crippen molar-refractivity contribution in [1.29, 1.82) is 0 Å². The molecule has 0 radical (unpaired) electrons. The molecule has 7 N–H and O–H groups in total. The van der Waals surface area contributed by atoms with Crippen LogP contribution in [0.15, 0.2) is 78.9 Å². The van der Waals surface area contributed by atoms with Crippen LogP contribution in [0.2, 0.25) is 0 Å². The molecule has 3 aromatic rings. The van der Waals surface area contributed by atoms with Gasteiger partial charge in [0.05, 0.1) is 19.0 Å². The van der Waals surface area contributed by atoms with E-state index in [1.807, 2.05) is 65.6 Å². The van der Waals surface area contributed by atoms with Gasteiger partial charge >= 0.3 is 5.97 Å². The monoisotopic (exact) mass is 715 g/mol. The average molecular weight is 716 g/mol. The van der Waals surface area contributed by atoms with Gasteiger partial charge < -0.3 is 37.0 Å². The first-order chi connectivity index (χ1) is 24.9. The van der Waals surface area contributed by atoms with Gasteiger partial charge in [-0.1, -0.05) is 78.9 Å². The van der Waals surface area contributed by atoms with Gasteiger partial charge in [0.1, 0.15) is 6.04 Å². The number of carbonyl (C=O) groups excluding carboxylic acids is 5. The van der Waals surface area contributed by atoms with Gasteiger partial charge in [-0.15, -0.1) is 0 Å². The van der Waals surface area contributed by atoms with Crippen LogP contribution in [0.1, 0.15) is 37.0 Å². The SMILES string of the molecule is CN[C@@H](Cc1ccc(-c2ccccc2)cc1)C(=O)N[C@@H](CC(=O)O)C(=O)NCc1cccc(CNC(=O)CN(CCNC(C)=O)CCNC(C)=O)c1. The molecule has 0 saturated heterocycles. The van der Waals surface area contributed by atoms with E-state index in [2.05, 4.69) is 31.9 Å². The van der Waals surface area contributed by atoms with Crippen molar-refractivity contribution < 1.29 is 33.9 Å². The summed E-state index contributed by atoms with van der Waals surface area (Å²) in [5.41, 5.74) is 4.49. The largest absolute Gasteiger partial charge is 0.481 e. The van der Waals surface area contributed by atoms with Crippen molar-refractivity contribution >= 4 is 35.5 Å². The van der Waals surface area contributed by atoms with Crippen molar-refractivity contribution in [2.24, 2.45) is 0 Å². The topological polar surface area (TPSA) is 198 Å². The zero-order valence-corrected chi connectivity index (χ0v) is 29.9. The number of amides is 5. The van der Waals surface area contributed by atoms with Crippen LogP contribution >= 0.6 is 0 Å². The molecule has 0 unspecified atom stereocenters. The maximum absolute atomic E-state index is 13.2. The van der Waals surface area contributed by atoms with Crippen LogP contribution < -0.4 is 31.9 Å². The summed E-state index contributed by atoms with van der Waals surface area (Å²) in [6, 6.07) is 22.9. The Bertz CT molecular complexity index is 1630. The van der Waals surface area contributed by atoms with Crippen LogP contribution in [-0.2, 0) is 48.3 Å². The molecule has 0 aromatic heterocycles. The van der Waals surface area contributed by atoms with Gasteiger partial charge in [0.25, 0.3) is 0 Å². The normalized spacial score (nSPS) is 11.9. The summed E-state index contributed by atoms with van der Waals surface area (Å²) >= 11 is 0. The van der Waals surface area contributed by atoms with Gasteiger partial charge in [-0.05, 0) is 41.3 Å². The molecule has 0 bridgehead atoms. The number of carbonyl (C=O) groups is 6. The Kier molecular flexibility index (Phi) is 16.9. The Morgan fingerprint density at radius 2 is 1.23 bits per heavy atom. The van der Waals surface area contributed by atoms with Gasteiger partial charge in [0, 0.05) is 53.1 Å². The minimum Gasteiger partial charge on any atom is -0.481 e. The van der Waals surface area contributed by atoms with Gasteiger partial charge in [0.2, 0.25) is 29.5 Å². The predicted octanol–water partition coefficient (Wildman–Crippen LogP) is 0.950. The average Bonchev–Trinajstić information content (AvgIpc) is 3.12. The lowest BCUT2D eigenvalue weighted by atomic mass is 10.00. The number of rotatable bonds is 21. The van der Waals surface area contributed by atoms with E-state index in [-0.39, 0.29) is 37.4 Å². The molecular formula is C38H49N7O7. The molecule has 3 aromatic carbocycles. The highest BCUT2D eigenvalue weighted by Gasteiger charge is 2.27. The number of likely N-dealkylation sites (N-methyl/N-ethyl adjacent to an activating group) is 1. The van der Waals surface area contributed by atoms with Crippen molar-refractivity contribution in [2.75, 3.05) is 39.8 Å². The Hall–Kier alpha value is -5.60. The molecular weight excluding hydrogens is 666 g/mol. The van der Waals surface area contributed by atoms with Crippen LogP contribution in [0.4, 0.5) is 0 Å². The Labute approximate surface area is 304 Å². The molecule has 0 spiro atoms. The Morgan fingerprint density at radius 1 is 0.654 bits per heavy atom. The lowest BCUT2D eigenvalue weighted by Gasteiger charge is -2.22. The highest BCUT2D eigenvalue weighted by molar-refractivity contribution is 5.92. The zero-order chi connectivity index (χ0) is 37.9. The third-order valence-electron chi connectivity index (χ3n) is 8.10. The summed E-state index contributed by atoms with van der Waals surface area (Å²) in [4.78, 5) is 75.0. The maximum Gasteiger partial charge on any atom is 0.305 e. The number of carboxylic acid groups (broad SMARTS) is 1. The summed E-state index contributed by atoms with van der Waals surface area (Å²) in [7, 11) is 1.63. The second kappa shape index (κ2) is 21.6. The van der Waals surface area contributed by atoms with Gasteiger partial charge in [-0.3, -0.25) is 33.7 Å². The second-order valence-electron chi connectivity index (χ2n) is 12.3. The number of aliphatic carboxylic acids is 1. The fourth-order valence-corrected chi connectivity index (χ4v) is 5.35. The minimum absolute atomic E-state index is 0.0561. The molecule has 52 heavy (non-hydrogen) atoms. The molecule has 278 valence electrons. The molecule has 3 rings (SSSR count). The van der Waals surface area contributed by atoms with Crippen molar-refractivity contribution in [3.8, 4) is 11.1 Å². The number of benzene rings is 3. The van der Waals surface area contributed by atoms with Crippen molar-refractivity contribution in [3.63, 3.8) is 0 Å². The highest BCUT2D eigenvalue weighted by Crippen LogP contribution is 2.20. The van der Waals surface area contributed by atoms with E-state index in [9.17, 15) is 33.9 Å². The number of hydrogen-bond acceptors (Lipinski definition) is 8. The minimum atomic E-state index is -1.30. The van der Waals surface area contributed by atoms with Gasteiger partial charge in [-0.25, -0.2) is 0 Å². The van der Waals surface area contributed by atoms with E-state index in [1.54, 1.807) is 25.2 Å². The summed E-state index contributed by atoms with van der Waals surface area (Å²) < 4.78 is 0. The van der Waals surface area contributed by atoms with E-state index >= 15 is 0 Å². The smallest absolute Gasteiger partial charge is 0.305 e. The van der Waals surface area contributed by atoms with E-state index in [1.165, 1.54) is 13.8 Å². The summed E-state index contributed by atoms with van der Waals surface area (Å²) in [6.07, 6.45) is -0.271. The molecule has 0 aliphatic heterocycles. The fraction of sp³-hybridized carbons (Fsp3) is 0.368. The van der Waals surface area contributed by atoms with Crippen LogP contribution in [0.5, 0.6) is 0 Å². The number of carboxylic acids is 1. The van der Waals surface area contributed by atoms with Crippen molar-refractivity contribution in [1.82, 2.24) is 36.8 Å². The zero-order valence-electron chi connectivity index (χ0n) is 29.9. The third kappa shape index (κ3) is 15.1. The quantitative estimate of drug-likeness (QED) is 0.0840. The molecule has 5 amide bonds. The van der Waals surface area contributed by atoms with E-state index < -0.39 is 36.3 Å².